The van der Waals surface area contributed by atoms with Gasteiger partial charge in [0.2, 0.25) is 10.0 Å². The van der Waals surface area contributed by atoms with Gasteiger partial charge in [0.05, 0.1) is 11.4 Å². The number of hydrogen-bond acceptors (Lipinski definition) is 3. The standard InChI is InChI=1S/C15H20FN3O2S/c1-10(9-13-7-5-6-8-14(13)16)18-22(20,21)15-11(2)17-19(4)12(15)3/h5-8,10,18H,9H2,1-4H3/t10-/m1/s1. The fourth-order valence-electron chi connectivity index (χ4n) is 2.50. The molecule has 0 spiro atoms. The van der Waals surface area contributed by atoms with Crippen molar-refractivity contribution in [3.8, 4) is 0 Å². The van der Waals surface area contributed by atoms with Gasteiger partial charge >= 0.3 is 0 Å². The minimum Gasteiger partial charge on any atom is -0.271 e. The first-order chi connectivity index (χ1) is 10.2. The van der Waals surface area contributed by atoms with Crippen molar-refractivity contribution < 1.29 is 12.8 Å². The number of benzene rings is 1. The molecule has 5 nitrogen and oxygen atoms in total. The highest BCUT2D eigenvalue weighted by Crippen LogP contribution is 2.19. The van der Waals surface area contributed by atoms with Crippen LogP contribution >= 0.6 is 0 Å². The number of sulfonamides is 1. The molecule has 0 bridgehead atoms. The fourth-order valence-corrected chi connectivity index (χ4v) is 4.18. The van der Waals surface area contributed by atoms with Crippen LogP contribution in [0.5, 0.6) is 0 Å². The summed E-state index contributed by atoms with van der Waals surface area (Å²) in [7, 11) is -1.99. The summed E-state index contributed by atoms with van der Waals surface area (Å²) >= 11 is 0. The molecule has 0 aliphatic rings. The molecule has 0 saturated heterocycles. The SMILES string of the molecule is Cc1nn(C)c(C)c1S(=O)(=O)N[C@H](C)Cc1ccccc1F. The topological polar surface area (TPSA) is 64.0 Å². The monoisotopic (exact) mass is 325 g/mol. The smallest absolute Gasteiger partial charge is 0.244 e. The molecule has 1 N–H and O–H groups in total. The van der Waals surface area contributed by atoms with Gasteiger partial charge in [-0.3, -0.25) is 4.68 Å². The average Bonchev–Trinajstić information content (AvgIpc) is 2.65. The minimum atomic E-state index is -3.69. The summed E-state index contributed by atoms with van der Waals surface area (Å²) < 4.78 is 42.8. The second-order valence-electron chi connectivity index (χ2n) is 5.44. The van der Waals surface area contributed by atoms with Crippen molar-refractivity contribution in [2.45, 2.75) is 38.1 Å². The largest absolute Gasteiger partial charge is 0.271 e. The molecule has 0 amide bonds. The number of aromatic nitrogens is 2. The van der Waals surface area contributed by atoms with Crippen LogP contribution in [0.1, 0.15) is 23.9 Å². The van der Waals surface area contributed by atoms with E-state index in [2.05, 4.69) is 9.82 Å². The van der Waals surface area contributed by atoms with E-state index in [-0.39, 0.29) is 17.1 Å². The third-order valence-corrected chi connectivity index (χ3v) is 5.39. The summed E-state index contributed by atoms with van der Waals surface area (Å²) in [6, 6.07) is 5.93. The second kappa shape index (κ2) is 6.18. The van der Waals surface area contributed by atoms with E-state index >= 15 is 0 Å². The Labute approximate surface area is 130 Å². The first-order valence-electron chi connectivity index (χ1n) is 6.98. The maximum absolute atomic E-state index is 13.6. The van der Waals surface area contributed by atoms with Crippen molar-refractivity contribution in [1.29, 1.82) is 0 Å². The number of hydrogen-bond donors (Lipinski definition) is 1. The van der Waals surface area contributed by atoms with Gasteiger partial charge in [0.25, 0.3) is 0 Å². The first-order valence-corrected chi connectivity index (χ1v) is 8.46. The number of nitrogens with zero attached hydrogens (tertiary/aromatic N) is 2. The van der Waals surface area contributed by atoms with Crippen molar-refractivity contribution >= 4 is 10.0 Å². The molecule has 1 aromatic carbocycles. The molecule has 0 aliphatic heterocycles. The van der Waals surface area contributed by atoms with E-state index in [0.29, 0.717) is 17.0 Å². The summed E-state index contributed by atoms with van der Waals surface area (Å²) in [6.45, 7) is 5.07. The summed E-state index contributed by atoms with van der Waals surface area (Å²) in [5.74, 6) is -0.331. The van der Waals surface area contributed by atoms with Gasteiger partial charge in [-0.1, -0.05) is 18.2 Å². The van der Waals surface area contributed by atoms with Gasteiger partial charge in [-0.15, -0.1) is 0 Å². The van der Waals surface area contributed by atoms with Crippen LogP contribution in [0.15, 0.2) is 29.2 Å². The highest BCUT2D eigenvalue weighted by molar-refractivity contribution is 7.89. The molecule has 7 heteroatoms. The van der Waals surface area contributed by atoms with E-state index in [1.54, 1.807) is 46.0 Å². The Morgan fingerprint density at radius 3 is 2.50 bits per heavy atom. The minimum absolute atomic E-state index is 0.190. The molecule has 1 atom stereocenters. The van der Waals surface area contributed by atoms with Crippen molar-refractivity contribution in [3.63, 3.8) is 0 Å². The molecule has 1 aromatic heterocycles. The van der Waals surface area contributed by atoms with Crippen LogP contribution in [0.4, 0.5) is 4.39 Å². The van der Waals surface area contributed by atoms with E-state index in [4.69, 9.17) is 0 Å². The predicted octanol–water partition coefficient (Wildman–Crippen LogP) is 2.09. The maximum atomic E-state index is 13.6. The Hall–Kier alpha value is -1.73. The second-order valence-corrected chi connectivity index (χ2v) is 7.09. The Kier molecular flexibility index (Phi) is 4.67. The number of aryl methyl sites for hydroxylation is 2. The zero-order valence-electron chi connectivity index (χ0n) is 13.1. The van der Waals surface area contributed by atoms with Gasteiger partial charge < -0.3 is 0 Å². The van der Waals surface area contributed by atoms with Gasteiger partial charge in [-0.05, 0) is 38.8 Å². The third-order valence-electron chi connectivity index (χ3n) is 3.55. The third kappa shape index (κ3) is 3.36. The molecule has 2 aromatic rings. The summed E-state index contributed by atoms with van der Waals surface area (Å²) in [6.07, 6.45) is 0.282. The summed E-state index contributed by atoms with van der Waals surface area (Å²) in [5, 5.41) is 4.12. The molecular weight excluding hydrogens is 305 g/mol. The molecule has 0 aliphatic carbocycles. The Bertz CT molecular complexity index is 784. The van der Waals surface area contributed by atoms with E-state index < -0.39 is 16.1 Å². The molecule has 1 heterocycles. The maximum Gasteiger partial charge on any atom is 0.244 e. The average molecular weight is 325 g/mol. The van der Waals surface area contributed by atoms with Crippen LogP contribution in [0.3, 0.4) is 0 Å². The van der Waals surface area contributed by atoms with Gasteiger partial charge in [0, 0.05) is 13.1 Å². The van der Waals surface area contributed by atoms with Crippen molar-refractivity contribution in [3.05, 3.63) is 47.0 Å². The van der Waals surface area contributed by atoms with Crippen LogP contribution in [0, 0.1) is 19.7 Å². The van der Waals surface area contributed by atoms with E-state index in [1.165, 1.54) is 10.7 Å². The lowest BCUT2D eigenvalue weighted by Gasteiger charge is -2.15. The lowest BCUT2D eigenvalue weighted by Crippen LogP contribution is -2.34. The zero-order valence-corrected chi connectivity index (χ0v) is 13.9. The van der Waals surface area contributed by atoms with Crippen LogP contribution in [0.25, 0.3) is 0 Å². The number of nitrogens with one attached hydrogen (secondary N) is 1. The summed E-state index contributed by atoms with van der Waals surface area (Å²) in [5.41, 5.74) is 1.51. The van der Waals surface area contributed by atoms with Gasteiger partial charge in [-0.2, -0.15) is 5.10 Å². The molecule has 0 saturated carbocycles. The van der Waals surface area contributed by atoms with E-state index in [9.17, 15) is 12.8 Å². The summed E-state index contributed by atoms with van der Waals surface area (Å²) in [4.78, 5) is 0.190. The highest BCUT2D eigenvalue weighted by Gasteiger charge is 2.25. The Morgan fingerprint density at radius 1 is 1.32 bits per heavy atom. The fraction of sp³-hybridized carbons (Fsp3) is 0.400. The normalized spacial score (nSPS) is 13.3. The van der Waals surface area contributed by atoms with E-state index in [1.807, 2.05) is 0 Å². The quantitative estimate of drug-likeness (QED) is 0.915. The molecule has 0 radical (unpaired) electrons. The number of halogens is 1. The van der Waals surface area contributed by atoms with Crippen molar-refractivity contribution in [2.24, 2.45) is 7.05 Å². The number of rotatable bonds is 5. The lowest BCUT2D eigenvalue weighted by molar-refractivity contribution is 0.548. The molecule has 0 fully saturated rings. The lowest BCUT2D eigenvalue weighted by atomic mass is 10.1. The van der Waals surface area contributed by atoms with Gasteiger partial charge in [0.1, 0.15) is 10.7 Å². The van der Waals surface area contributed by atoms with Crippen LogP contribution in [-0.2, 0) is 23.5 Å². The zero-order chi connectivity index (χ0) is 16.5. The molecule has 22 heavy (non-hydrogen) atoms. The van der Waals surface area contributed by atoms with Crippen LogP contribution in [0.2, 0.25) is 0 Å². The van der Waals surface area contributed by atoms with Crippen LogP contribution < -0.4 is 4.72 Å². The molecule has 120 valence electrons. The first kappa shape index (κ1) is 16.6. The van der Waals surface area contributed by atoms with Crippen molar-refractivity contribution in [2.75, 3.05) is 0 Å². The molecular formula is C15H20FN3O2S. The van der Waals surface area contributed by atoms with Crippen LogP contribution in [-0.4, -0.2) is 24.2 Å². The predicted molar refractivity (Wildman–Crippen MR) is 82.6 cm³/mol. The van der Waals surface area contributed by atoms with Gasteiger partial charge in [-0.25, -0.2) is 17.5 Å². The molecule has 0 unspecified atom stereocenters. The molecule has 2 rings (SSSR count). The van der Waals surface area contributed by atoms with Crippen molar-refractivity contribution in [1.82, 2.24) is 14.5 Å². The highest BCUT2D eigenvalue weighted by atomic mass is 32.2. The Balaban J connectivity index is 2.20. The van der Waals surface area contributed by atoms with E-state index in [0.717, 1.165) is 0 Å². The van der Waals surface area contributed by atoms with Gasteiger partial charge in [0.15, 0.2) is 0 Å². The Morgan fingerprint density at radius 2 is 1.95 bits per heavy atom.